The number of benzene rings is 2. The fourth-order valence-corrected chi connectivity index (χ4v) is 4.33. The largest absolute Gasteiger partial charge is 0.496 e. The van der Waals surface area contributed by atoms with Gasteiger partial charge in [-0.1, -0.05) is 0 Å². The third kappa shape index (κ3) is 3.90. The van der Waals surface area contributed by atoms with E-state index in [0.717, 1.165) is 52.2 Å². The molecule has 2 aromatic carbocycles. The molecule has 0 unspecified atom stereocenters. The topological polar surface area (TPSA) is 78.0 Å². The average molecular weight is 470 g/mol. The molecule has 1 aliphatic carbocycles. The van der Waals surface area contributed by atoms with Crippen molar-refractivity contribution in [3.8, 4) is 28.5 Å². The second-order valence-electron chi connectivity index (χ2n) is 8.82. The van der Waals surface area contributed by atoms with E-state index in [0.29, 0.717) is 29.1 Å². The normalized spacial score (nSPS) is 13.4. The van der Waals surface area contributed by atoms with Crippen LogP contribution in [0.1, 0.15) is 30.3 Å². The van der Waals surface area contributed by atoms with Gasteiger partial charge in [-0.15, -0.1) is 0 Å². The van der Waals surface area contributed by atoms with E-state index in [2.05, 4.69) is 16.4 Å². The number of nitrogens with one attached hydrogen (secondary N) is 1. The van der Waals surface area contributed by atoms with Gasteiger partial charge in [-0.05, 0) is 55.3 Å². The highest BCUT2D eigenvalue weighted by Crippen LogP contribution is 2.42. The Bertz CT molecular complexity index is 1550. The number of methoxy groups -OCH3 is 1. The molecule has 3 heterocycles. The van der Waals surface area contributed by atoms with Crippen LogP contribution in [0.4, 0.5) is 15.9 Å². The first-order valence-electron chi connectivity index (χ1n) is 11.5. The number of oxazole rings is 1. The van der Waals surface area contributed by atoms with Crippen molar-refractivity contribution in [2.45, 2.75) is 25.7 Å². The molecule has 0 aliphatic heterocycles. The van der Waals surface area contributed by atoms with E-state index in [4.69, 9.17) is 19.1 Å². The quantitative estimate of drug-likeness (QED) is 0.311. The Morgan fingerprint density at radius 1 is 1.09 bits per heavy atom. The maximum Gasteiger partial charge on any atom is 0.191 e. The van der Waals surface area contributed by atoms with Crippen LogP contribution in [0.5, 0.6) is 5.75 Å². The molecule has 35 heavy (non-hydrogen) atoms. The third-order valence-corrected chi connectivity index (χ3v) is 6.34. The summed E-state index contributed by atoms with van der Waals surface area (Å²) in [6.07, 6.45) is 3.97. The maximum atomic E-state index is 13.5. The zero-order chi connectivity index (χ0) is 24.1. The van der Waals surface area contributed by atoms with Crippen LogP contribution in [0.3, 0.4) is 0 Å². The molecule has 5 aromatic rings. The summed E-state index contributed by atoms with van der Waals surface area (Å²) in [7, 11) is 3.61. The number of anilines is 2. The molecular weight excluding hydrogens is 445 g/mol. The van der Waals surface area contributed by atoms with Crippen LogP contribution in [0.25, 0.3) is 33.7 Å². The van der Waals surface area contributed by atoms with E-state index in [1.165, 1.54) is 12.1 Å². The fraction of sp³-hybridized carbons (Fsp3) is 0.222. The van der Waals surface area contributed by atoms with Crippen LogP contribution in [0, 0.1) is 12.7 Å². The van der Waals surface area contributed by atoms with E-state index in [1.54, 1.807) is 25.4 Å². The molecule has 8 heteroatoms. The average Bonchev–Trinajstić information content (AvgIpc) is 3.55. The minimum Gasteiger partial charge on any atom is -0.496 e. The molecule has 0 bridgehead atoms. The zero-order valence-corrected chi connectivity index (χ0v) is 19.7. The first kappa shape index (κ1) is 21.3. The molecule has 0 atom stereocenters. The molecule has 1 aliphatic rings. The van der Waals surface area contributed by atoms with E-state index in [1.807, 2.05) is 36.7 Å². The third-order valence-electron chi connectivity index (χ3n) is 6.34. The van der Waals surface area contributed by atoms with Gasteiger partial charge in [0.15, 0.2) is 17.5 Å². The number of halogens is 1. The first-order valence-corrected chi connectivity index (χ1v) is 11.5. The van der Waals surface area contributed by atoms with E-state index < -0.39 is 0 Å². The number of aromatic nitrogens is 4. The van der Waals surface area contributed by atoms with Gasteiger partial charge in [0.25, 0.3) is 0 Å². The zero-order valence-electron chi connectivity index (χ0n) is 19.7. The Balaban J connectivity index is 1.44. The van der Waals surface area contributed by atoms with Crippen LogP contribution in [0.15, 0.2) is 59.1 Å². The monoisotopic (exact) mass is 469 g/mol. The Morgan fingerprint density at radius 3 is 2.57 bits per heavy atom. The number of imidazole rings is 1. The summed E-state index contributed by atoms with van der Waals surface area (Å²) < 4.78 is 26.9. The van der Waals surface area contributed by atoms with Crippen LogP contribution in [-0.2, 0) is 7.05 Å². The van der Waals surface area contributed by atoms with Crippen molar-refractivity contribution in [1.82, 2.24) is 19.5 Å². The van der Waals surface area contributed by atoms with Crippen molar-refractivity contribution in [1.29, 1.82) is 0 Å². The Hall–Kier alpha value is -4.20. The van der Waals surface area contributed by atoms with Crippen molar-refractivity contribution in [3.05, 3.63) is 72.1 Å². The highest BCUT2D eigenvalue weighted by atomic mass is 19.1. The summed E-state index contributed by atoms with van der Waals surface area (Å²) in [5.41, 5.74) is 5.26. The molecule has 176 valence electrons. The second kappa shape index (κ2) is 8.23. The Kier molecular flexibility index (Phi) is 5.02. The maximum absolute atomic E-state index is 13.5. The summed E-state index contributed by atoms with van der Waals surface area (Å²) in [6.45, 7) is 1.81. The van der Waals surface area contributed by atoms with Gasteiger partial charge in [-0.25, -0.2) is 19.3 Å². The molecule has 0 amide bonds. The van der Waals surface area contributed by atoms with Gasteiger partial charge < -0.3 is 19.0 Å². The summed E-state index contributed by atoms with van der Waals surface area (Å²) in [5.74, 6) is 3.54. The number of hydrogen-bond donors (Lipinski definition) is 1. The second-order valence-corrected chi connectivity index (χ2v) is 8.82. The van der Waals surface area contributed by atoms with Crippen molar-refractivity contribution in [2.24, 2.45) is 7.05 Å². The number of pyridine rings is 1. The molecule has 0 radical (unpaired) electrons. The summed E-state index contributed by atoms with van der Waals surface area (Å²) in [6, 6.07) is 14.3. The molecule has 7 nitrogen and oxygen atoms in total. The SMILES string of the molecule is COc1cc(Nc2nc(C3CC3)cc3c2nc(-c2ccc(F)cc2)n3C)ccc1-c1cnc(C)o1. The first-order chi connectivity index (χ1) is 17.0. The lowest BCUT2D eigenvalue weighted by Gasteiger charge is -2.12. The molecule has 0 spiro atoms. The highest BCUT2D eigenvalue weighted by Gasteiger charge is 2.27. The number of ether oxygens (including phenoxy) is 1. The molecule has 1 saturated carbocycles. The lowest BCUT2D eigenvalue weighted by molar-refractivity contribution is 0.414. The van der Waals surface area contributed by atoms with Crippen molar-refractivity contribution >= 4 is 22.5 Å². The number of nitrogens with zero attached hydrogens (tertiary/aromatic N) is 4. The predicted octanol–water partition coefficient (Wildman–Crippen LogP) is 6.37. The molecule has 0 saturated heterocycles. The Labute approximate surface area is 201 Å². The number of fused-ring (bicyclic) bond motifs is 1. The summed E-state index contributed by atoms with van der Waals surface area (Å²) in [5, 5.41) is 3.46. The smallest absolute Gasteiger partial charge is 0.191 e. The van der Waals surface area contributed by atoms with Gasteiger partial charge in [-0.2, -0.15) is 0 Å². The highest BCUT2D eigenvalue weighted by molar-refractivity contribution is 5.91. The number of aryl methyl sites for hydroxylation is 2. The van der Waals surface area contributed by atoms with E-state index in [9.17, 15) is 4.39 Å². The minimum atomic E-state index is -0.273. The van der Waals surface area contributed by atoms with Crippen LogP contribution in [0.2, 0.25) is 0 Å². The van der Waals surface area contributed by atoms with Gasteiger partial charge in [0.05, 0.1) is 24.4 Å². The predicted molar refractivity (Wildman–Crippen MR) is 132 cm³/mol. The van der Waals surface area contributed by atoms with Gasteiger partial charge in [0.2, 0.25) is 0 Å². The van der Waals surface area contributed by atoms with Crippen LogP contribution >= 0.6 is 0 Å². The summed E-state index contributed by atoms with van der Waals surface area (Å²) in [4.78, 5) is 14.0. The number of hydrogen-bond acceptors (Lipinski definition) is 6. The van der Waals surface area contributed by atoms with Crippen LogP contribution in [-0.4, -0.2) is 26.6 Å². The molecule has 3 aromatic heterocycles. The standard InChI is InChI=1S/C27H24FN5O2/c1-15-29-14-24(35-15)20-11-10-19(12-23(20)34-3)30-26-25-22(13-21(31-26)16-4-5-16)33(2)27(32-25)17-6-8-18(28)9-7-17/h6-14,16H,4-5H2,1-3H3,(H,30,31). The van der Waals surface area contributed by atoms with Gasteiger partial charge in [-0.3, -0.25) is 0 Å². The number of rotatable bonds is 6. The van der Waals surface area contributed by atoms with Crippen molar-refractivity contribution in [3.63, 3.8) is 0 Å². The van der Waals surface area contributed by atoms with Gasteiger partial charge in [0.1, 0.15) is 22.9 Å². The molecular formula is C27H24FN5O2. The fourth-order valence-electron chi connectivity index (χ4n) is 4.33. The molecule has 1 fully saturated rings. The van der Waals surface area contributed by atoms with Gasteiger partial charge in [0, 0.05) is 42.9 Å². The van der Waals surface area contributed by atoms with Crippen LogP contribution < -0.4 is 10.1 Å². The lowest BCUT2D eigenvalue weighted by Crippen LogP contribution is -2.00. The summed E-state index contributed by atoms with van der Waals surface area (Å²) >= 11 is 0. The minimum absolute atomic E-state index is 0.273. The van der Waals surface area contributed by atoms with E-state index in [-0.39, 0.29) is 5.82 Å². The Morgan fingerprint density at radius 2 is 1.89 bits per heavy atom. The van der Waals surface area contributed by atoms with Gasteiger partial charge >= 0.3 is 0 Å². The molecule has 6 rings (SSSR count). The van der Waals surface area contributed by atoms with Crippen molar-refractivity contribution in [2.75, 3.05) is 12.4 Å². The van der Waals surface area contributed by atoms with Crippen molar-refractivity contribution < 1.29 is 13.5 Å². The van der Waals surface area contributed by atoms with E-state index >= 15 is 0 Å². The lowest BCUT2D eigenvalue weighted by atomic mass is 10.1. The molecule has 1 N–H and O–H groups in total.